The number of aromatic amines is 1. The molecule has 1 aromatic carbocycles. The summed E-state index contributed by atoms with van der Waals surface area (Å²) in [6.45, 7) is 2.60. The number of pyridine rings is 1. The molecular formula is C25H25N5O2. The number of rotatable bonds is 4. The lowest BCUT2D eigenvalue weighted by molar-refractivity contribution is 0.256. The van der Waals surface area contributed by atoms with Crippen molar-refractivity contribution < 1.29 is 4.42 Å². The van der Waals surface area contributed by atoms with E-state index in [4.69, 9.17) is 4.42 Å². The molecule has 0 aliphatic heterocycles. The van der Waals surface area contributed by atoms with E-state index in [1.54, 1.807) is 4.57 Å². The van der Waals surface area contributed by atoms with Crippen molar-refractivity contribution in [3.8, 4) is 11.3 Å². The van der Waals surface area contributed by atoms with Crippen molar-refractivity contribution in [1.29, 1.82) is 0 Å². The van der Waals surface area contributed by atoms with E-state index >= 15 is 0 Å². The molecule has 0 bridgehead atoms. The number of oxazole rings is 1. The van der Waals surface area contributed by atoms with E-state index in [-0.39, 0.29) is 11.7 Å². The topological polar surface area (TPSA) is 81.6 Å². The molecule has 0 saturated heterocycles. The molecule has 0 unspecified atom stereocenters. The molecule has 6 rings (SSSR count). The summed E-state index contributed by atoms with van der Waals surface area (Å²) in [5, 5.41) is 0.986. The molecule has 1 saturated carbocycles. The predicted octanol–water partition coefficient (Wildman–Crippen LogP) is 5.13. The van der Waals surface area contributed by atoms with Crippen molar-refractivity contribution in [2.75, 3.05) is 0 Å². The number of imidazole rings is 1. The van der Waals surface area contributed by atoms with Gasteiger partial charge in [-0.1, -0.05) is 50.1 Å². The third-order valence-electron chi connectivity index (χ3n) is 6.89. The van der Waals surface area contributed by atoms with Crippen LogP contribution in [0.1, 0.15) is 44.3 Å². The molecule has 32 heavy (non-hydrogen) atoms. The SMILES string of the molecule is C[C@@H]1CCCC[C@@H]1n1c(=O)n(Cc2ncoc2-c2ccccc2)c2cnc3[nH]ccc3c21. The first kappa shape index (κ1) is 19.1. The third kappa shape index (κ3) is 2.92. The molecule has 0 amide bonds. The summed E-state index contributed by atoms with van der Waals surface area (Å²) in [5.74, 6) is 1.15. The molecule has 4 heterocycles. The van der Waals surface area contributed by atoms with Crippen molar-refractivity contribution in [2.45, 2.75) is 45.2 Å². The Morgan fingerprint density at radius 1 is 1.12 bits per heavy atom. The zero-order chi connectivity index (χ0) is 21.7. The third-order valence-corrected chi connectivity index (χ3v) is 6.89. The van der Waals surface area contributed by atoms with Crippen LogP contribution in [0, 0.1) is 5.92 Å². The van der Waals surface area contributed by atoms with Gasteiger partial charge < -0.3 is 9.40 Å². The highest BCUT2D eigenvalue weighted by molar-refractivity contribution is 6.01. The van der Waals surface area contributed by atoms with Crippen LogP contribution in [-0.4, -0.2) is 24.1 Å². The zero-order valence-electron chi connectivity index (χ0n) is 18.0. The number of nitrogens with zero attached hydrogens (tertiary/aromatic N) is 4. The number of nitrogens with one attached hydrogen (secondary N) is 1. The second kappa shape index (κ2) is 7.51. The first-order valence-corrected chi connectivity index (χ1v) is 11.3. The Balaban J connectivity index is 1.55. The van der Waals surface area contributed by atoms with E-state index in [1.807, 2.05) is 53.4 Å². The van der Waals surface area contributed by atoms with Gasteiger partial charge in [-0.3, -0.25) is 9.13 Å². The predicted molar refractivity (Wildman–Crippen MR) is 124 cm³/mol. The highest BCUT2D eigenvalue weighted by Crippen LogP contribution is 2.36. The number of aromatic nitrogens is 5. The second-order valence-corrected chi connectivity index (χ2v) is 8.79. The standard InChI is InChI=1S/C25H25N5O2/c1-16-7-5-6-10-20(16)30-22-18-11-12-26-24(18)27-13-21(22)29(25(30)31)14-19-23(32-15-28-19)17-8-3-2-4-9-17/h2-4,8-9,11-13,15-16,20H,5-7,10,14H2,1H3,(H,26,27)/t16-,20+/m1/s1. The summed E-state index contributed by atoms with van der Waals surface area (Å²) in [6.07, 6.45) is 9.69. The normalized spacial score (nSPS) is 19.2. The Bertz CT molecular complexity index is 1460. The monoisotopic (exact) mass is 427 g/mol. The van der Waals surface area contributed by atoms with Crippen LogP contribution >= 0.6 is 0 Å². The number of fused-ring (bicyclic) bond motifs is 3. The van der Waals surface area contributed by atoms with Crippen molar-refractivity contribution in [1.82, 2.24) is 24.1 Å². The lowest BCUT2D eigenvalue weighted by Gasteiger charge is -2.29. The lowest BCUT2D eigenvalue weighted by Crippen LogP contribution is -2.32. The van der Waals surface area contributed by atoms with Crippen LogP contribution in [0.3, 0.4) is 0 Å². The summed E-state index contributed by atoms with van der Waals surface area (Å²) in [6, 6.07) is 12.1. The van der Waals surface area contributed by atoms with Gasteiger partial charge in [0.1, 0.15) is 11.3 Å². The van der Waals surface area contributed by atoms with Gasteiger partial charge in [0.05, 0.1) is 23.8 Å². The molecule has 1 N–H and O–H groups in total. The number of H-pyrrole nitrogens is 1. The van der Waals surface area contributed by atoms with E-state index in [0.717, 1.165) is 52.6 Å². The van der Waals surface area contributed by atoms with Crippen LogP contribution in [0.15, 0.2) is 64.4 Å². The van der Waals surface area contributed by atoms with Crippen LogP contribution in [0.2, 0.25) is 0 Å². The molecule has 7 heteroatoms. The van der Waals surface area contributed by atoms with Crippen LogP contribution in [0.5, 0.6) is 0 Å². The Morgan fingerprint density at radius 3 is 2.81 bits per heavy atom. The Morgan fingerprint density at radius 2 is 1.97 bits per heavy atom. The summed E-state index contributed by atoms with van der Waals surface area (Å²) in [7, 11) is 0. The maximum atomic E-state index is 13.9. The van der Waals surface area contributed by atoms with E-state index < -0.39 is 0 Å². The fraction of sp³-hybridized carbons (Fsp3) is 0.320. The minimum absolute atomic E-state index is 0.00346. The van der Waals surface area contributed by atoms with Gasteiger partial charge in [-0.05, 0) is 24.8 Å². The van der Waals surface area contributed by atoms with Gasteiger partial charge in [0.15, 0.2) is 12.2 Å². The van der Waals surface area contributed by atoms with E-state index in [9.17, 15) is 4.79 Å². The number of hydrogen-bond donors (Lipinski definition) is 1. The van der Waals surface area contributed by atoms with Crippen LogP contribution < -0.4 is 5.69 Å². The quantitative estimate of drug-likeness (QED) is 0.431. The molecule has 1 aliphatic rings. The van der Waals surface area contributed by atoms with E-state index in [2.05, 4.69) is 21.9 Å². The number of hydrogen-bond acceptors (Lipinski definition) is 4. The summed E-state index contributed by atoms with van der Waals surface area (Å²) >= 11 is 0. The van der Waals surface area contributed by atoms with Crippen molar-refractivity contribution in [2.24, 2.45) is 5.92 Å². The molecule has 0 spiro atoms. The van der Waals surface area contributed by atoms with Gasteiger partial charge in [0.2, 0.25) is 0 Å². The summed E-state index contributed by atoms with van der Waals surface area (Å²) < 4.78 is 9.55. The molecule has 1 aliphatic carbocycles. The minimum atomic E-state index is -0.00346. The molecular weight excluding hydrogens is 402 g/mol. The minimum Gasteiger partial charge on any atom is -0.443 e. The fourth-order valence-corrected chi connectivity index (χ4v) is 5.26. The van der Waals surface area contributed by atoms with Gasteiger partial charge in [-0.15, -0.1) is 0 Å². The fourth-order valence-electron chi connectivity index (χ4n) is 5.26. The molecule has 2 atom stereocenters. The van der Waals surface area contributed by atoms with Crippen LogP contribution in [0.25, 0.3) is 33.4 Å². The maximum Gasteiger partial charge on any atom is 0.329 e. The highest BCUT2D eigenvalue weighted by atomic mass is 16.3. The largest absolute Gasteiger partial charge is 0.443 e. The van der Waals surface area contributed by atoms with Gasteiger partial charge in [-0.25, -0.2) is 14.8 Å². The Kier molecular flexibility index (Phi) is 4.48. The first-order chi connectivity index (χ1) is 15.7. The van der Waals surface area contributed by atoms with Crippen LogP contribution in [0.4, 0.5) is 0 Å². The highest BCUT2D eigenvalue weighted by Gasteiger charge is 2.29. The van der Waals surface area contributed by atoms with Gasteiger partial charge in [0, 0.05) is 23.2 Å². The lowest BCUT2D eigenvalue weighted by atomic mass is 9.85. The van der Waals surface area contributed by atoms with Crippen molar-refractivity contribution in [3.63, 3.8) is 0 Å². The second-order valence-electron chi connectivity index (χ2n) is 8.79. The average molecular weight is 428 g/mol. The Labute approximate surface area is 184 Å². The molecule has 1 fully saturated rings. The van der Waals surface area contributed by atoms with E-state index in [1.165, 1.54) is 12.8 Å². The molecule has 0 radical (unpaired) electrons. The van der Waals surface area contributed by atoms with Crippen molar-refractivity contribution in [3.05, 3.63) is 71.4 Å². The van der Waals surface area contributed by atoms with Crippen LogP contribution in [-0.2, 0) is 6.54 Å². The van der Waals surface area contributed by atoms with Gasteiger partial charge >= 0.3 is 5.69 Å². The Hall–Kier alpha value is -3.61. The zero-order valence-corrected chi connectivity index (χ0v) is 18.0. The molecule has 162 valence electrons. The average Bonchev–Trinajstić information content (AvgIpc) is 3.54. The molecule has 5 aromatic rings. The maximum absolute atomic E-state index is 13.9. The number of benzene rings is 1. The summed E-state index contributed by atoms with van der Waals surface area (Å²) in [4.78, 5) is 26.1. The smallest absolute Gasteiger partial charge is 0.329 e. The summed E-state index contributed by atoms with van der Waals surface area (Å²) in [5.41, 5.74) is 4.29. The van der Waals surface area contributed by atoms with E-state index in [0.29, 0.717) is 18.2 Å². The van der Waals surface area contributed by atoms with Gasteiger partial charge in [-0.2, -0.15) is 0 Å². The first-order valence-electron chi connectivity index (χ1n) is 11.3. The molecule has 4 aromatic heterocycles. The van der Waals surface area contributed by atoms with Crippen molar-refractivity contribution >= 4 is 22.1 Å². The van der Waals surface area contributed by atoms with Gasteiger partial charge in [0.25, 0.3) is 0 Å². The molecule has 7 nitrogen and oxygen atoms in total.